The zero-order valence-corrected chi connectivity index (χ0v) is 20.7. The van der Waals surface area contributed by atoms with Crippen LogP contribution in [0.4, 0.5) is 8.78 Å². The molecule has 3 N–H and O–H groups in total. The topological polar surface area (TPSA) is 61.4 Å². The third kappa shape index (κ3) is 6.54. The van der Waals surface area contributed by atoms with Crippen LogP contribution in [0.3, 0.4) is 0 Å². The van der Waals surface area contributed by atoms with Gasteiger partial charge in [-0.05, 0) is 76.5 Å². The van der Waals surface area contributed by atoms with E-state index in [-0.39, 0.29) is 24.4 Å². The highest BCUT2D eigenvalue weighted by Crippen LogP contribution is 2.38. The van der Waals surface area contributed by atoms with E-state index in [1.54, 1.807) is 11.3 Å². The zero-order chi connectivity index (χ0) is 24.8. The fourth-order valence-electron chi connectivity index (χ4n) is 5.12. The predicted octanol–water partition coefficient (Wildman–Crippen LogP) is 5.55. The van der Waals surface area contributed by atoms with Crippen molar-refractivity contribution in [2.45, 2.75) is 63.1 Å². The van der Waals surface area contributed by atoms with Crippen molar-refractivity contribution < 1.29 is 18.7 Å². The van der Waals surface area contributed by atoms with E-state index in [9.17, 15) is 18.7 Å². The Morgan fingerprint density at radius 2 is 1.80 bits per heavy atom. The maximum Gasteiger partial charge on any atom is 0.217 e. The summed E-state index contributed by atoms with van der Waals surface area (Å²) in [6.45, 7) is 1.61. The van der Waals surface area contributed by atoms with Gasteiger partial charge in [-0.25, -0.2) is 8.78 Å². The van der Waals surface area contributed by atoms with Gasteiger partial charge in [0.2, 0.25) is 5.91 Å². The number of aliphatic hydroxyl groups excluding tert-OH is 1. The summed E-state index contributed by atoms with van der Waals surface area (Å²) in [7, 11) is 0. The summed E-state index contributed by atoms with van der Waals surface area (Å²) in [6, 6.07) is 13.3. The monoisotopic (exact) mass is 498 g/mol. The van der Waals surface area contributed by atoms with E-state index < -0.39 is 23.8 Å². The van der Waals surface area contributed by atoms with Gasteiger partial charge in [-0.1, -0.05) is 37.5 Å². The molecule has 0 saturated heterocycles. The Bertz CT molecular complexity index is 1110. The summed E-state index contributed by atoms with van der Waals surface area (Å²) in [5.41, 5.74) is 3.65. The highest BCUT2D eigenvalue weighted by atomic mass is 32.1. The standard InChI is InChI=1S/C28H32F2N2O2S/c1-19(33)32-26(14-20-12-24(29)16-25(30)13-20)27(34)17-31-28(9-3-2-4-10-28)23-7-5-6-21(15-23)22-8-11-35-18-22/h5-8,11-13,15-16,18,26-27,31,34H,2-4,9-10,14,17H2,1H3,(H,32,33)/t26-,27+/m0/s1. The highest BCUT2D eigenvalue weighted by Gasteiger charge is 2.35. The van der Waals surface area contributed by atoms with E-state index in [0.717, 1.165) is 31.7 Å². The van der Waals surface area contributed by atoms with Gasteiger partial charge >= 0.3 is 0 Å². The molecule has 1 amide bonds. The summed E-state index contributed by atoms with van der Waals surface area (Å²) in [4.78, 5) is 11.8. The number of halogens is 2. The Morgan fingerprint density at radius 1 is 1.06 bits per heavy atom. The number of thiophene rings is 1. The van der Waals surface area contributed by atoms with E-state index >= 15 is 0 Å². The Kier molecular flexibility index (Phi) is 8.31. The number of rotatable bonds is 9. The molecule has 7 heteroatoms. The quantitative estimate of drug-likeness (QED) is 0.363. The Balaban J connectivity index is 1.53. The van der Waals surface area contributed by atoms with Gasteiger partial charge in [0.1, 0.15) is 11.6 Å². The summed E-state index contributed by atoms with van der Waals surface area (Å²) in [5.74, 6) is -1.66. The first kappa shape index (κ1) is 25.5. The van der Waals surface area contributed by atoms with Gasteiger partial charge in [0.05, 0.1) is 12.1 Å². The van der Waals surface area contributed by atoms with Crippen molar-refractivity contribution in [1.82, 2.24) is 10.6 Å². The largest absolute Gasteiger partial charge is 0.390 e. The second-order valence-electron chi connectivity index (χ2n) is 9.47. The number of amides is 1. The van der Waals surface area contributed by atoms with Gasteiger partial charge in [0, 0.05) is 25.1 Å². The van der Waals surface area contributed by atoms with Crippen LogP contribution >= 0.6 is 11.3 Å². The second-order valence-corrected chi connectivity index (χ2v) is 10.3. The number of hydrogen-bond donors (Lipinski definition) is 3. The summed E-state index contributed by atoms with van der Waals surface area (Å²) >= 11 is 1.67. The van der Waals surface area contributed by atoms with Crippen LogP contribution < -0.4 is 10.6 Å². The molecular weight excluding hydrogens is 466 g/mol. The lowest BCUT2D eigenvalue weighted by Crippen LogP contribution is -2.53. The molecule has 1 aromatic heterocycles. The molecule has 2 aromatic carbocycles. The van der Waals surface area contributed by atoms with E-state index in [1.807, 2.05) is 0 Å². The number of aliphatic hydroxyl groups is 1. The number of benzene rings is 2. The van der Waals surface area contributed by atoms with Crippen molar-refractivity contribution in [3.63, 3.8) is 0 Å². The van der Waals surface area contributed by atoms with Crippen molar-refractivity contribution in [2.75, 3.05) is 6.54 Å². The van der Waals surface area contributed by atoms with Crippen LogP contribution in [-0.2, 0) is 16.8 Å². The molecule has 3 aromatic rings. The molecule has 0 spiro atoms. The first-order valence-electron chi connectivity index (χ1n) is 12.1. The third-order valence-electron chi connectivity index (χ3n) is 6.86. The molecule has 1 aliphatic rings. The van der Waals surface area contributed by atoms with Crippen LogP contribution in [0.1, 0.15) is 50.2 Å². The van der Waals surface area contributed by atoms with E-state index in [1.165, 1.54) is 42.2 Å². The minimum Gasteiger partial charge on any atom is -0.390 e. The Labute approximate surface area is 209 Å². The molecule has 2 atom stereocenters. The van der Waals surface area contributed by atoms with Crippen LogP contribution in [0, 0.1) is 11.6 Å². The lowest BCUT2D eigenvalue weighted by atomic mass is 9.76. The molecule has 186 valence electrons. The van der Waals surface area contributed by atoms with Crippen LogP contribution in [0.2, 0.25) is 0 Å². The normalized spacial score (nSPS) is 17.0. The molecule has 0 aliphatic heterocycles. The van der Waals surface area contributed by atoms with E-state index in [0.29, 0.717) is 5.56 Å². The SMILES string of the molecule is CC(=O)N[C@@H](Cc1cc(F)cc(F)c1)[C@H](O)CNC1(c2cccc(-c3ccsc3)c2)CCCCC1. The van der Waals surface area contributed by atoms with Crippen LogP contribution in [0.15, 0.2) is 59.3 Å². The first-order chi connectivity index (χ1) is 16.8. The van der Waals surface area contributed by atoms with E-state index in [2.05, 4.69) is 51.7 Å². The molecule has 0 radical (unpaired) electrons. The molecule has 1 heterocycles. The molecule has 1 fully saturated rings. The number of carbonyl (C=O) groups is 1. The molecule has 0 bridgehead atoms. The maximum absolute atomic E-state index is 13.7. The minimum atomic E-state index is -0.941. The van der Waals surface area contributed by atoms with Crippen molar-refractivity contribution >= 4 is 17.2 Å². The summed E-state index contributed by atoms with van der Waals surface area (Å²) < 4.78 is 27.4. The molecular formula is C28H32F2N2O2S. The van der Waals surface area contributed by atoms with Gasteiger partial charge in [0.15, 0.2) is 0 Å². The van der Waals surface area contributed by atoms with Gasteiger partial charge in [-0.15, -0.1) is 0 Å². The van der Waals surface area contributed by atoms with Crippen LogP contribution in [-0.4, -0.2) is 29.7 Å². The van der Waals surface area contributed by atoms with Crippen molar-refractivity contribution in [3.05, 3.63) is 82.1 Å². The van der Waals surface area contributed by atoms with Gasteiger partial charge in [-0.2, -0.15) is 11.3 Å². The molecule has 1 saturated carbocycles. The fourth-order valence-corrected chi connectivity index (χ4v) is 5.78. The summed E-state index contributed by atoms with van der Waals surface area (Å²) in [5, 5.41) is 21.7. The molecule has 0 unspecified atom stereocenters. The Hall–Kier alpha value is -2.61. The Morgan fingerprint density at radius 3 is 2.46 bits per heavy atom. The molecule has 35 heavy (non-hydrogen) atoms. The van der Waals surface area contributed by atoms with Crippen LogP contribution in [0.25, 0.3) is 11.1 Å². The van der Waals surface area contributed by atoms with E-state index in [4.69, 9.17) is 0 Å². The maximum atomic E-state index is 13.7. The van der Waals surface area contributed by atoms with Crippen molar-refractivity contribution in [3.8, 4) is 11.1 Å². The van der Waals surface area contributed by atoms with Crippen molar-refractivity contribution in [2.24, 2.45) is 0 Å². The summed E-state index contributed by atoms with van der Waals surface area (Å²) in [6.07, 6.45) is 4.43. The first-order valence-corrected chi connectivity index (χ1v) is 13.1. The van der Waals surface area contributed by atoms with Crippen LogP contribution in [0.5, 0.6) is 0 Å². The second kappa shape index (κ2) is 11.4. The number of hydrogen-bond acceptors (Lipinski definition) is 4. The van der Waals surface area contributed by atoms with Crippen molar-refractivity contribution in [1.29, 1.82) is 0 Å². The average Bonchev–Trinajstić information content (AvgIpc) is 3.37. The lowest BCUT2D eigenvalue weighted by Gasteiger charge is -2.40. The molecule has 1 aliphatic carbocycles. The number of carbonyl (C=O) groups excluding carboxylic acids is 1. The zero-order valence-electron chi connectivity index (χ0n) is 19.9. The van der Waals surface area contributed by atoms with Gasteiger partial charge < -0.3 is 15.7 Å². The van der Waals surface area contributed by atoms with Gasteiger partial charge in [0.25, 0.3) is 0 Å². The predicted molar refractivity (Wildman–Crippen MR) is 136 cm³/mol. The number of nitrogens with one attached hydrogen (secondary N) is 2. The minimum absolute atomic E-state index is 0.123. The molecule has 4 rings (SSSR count). The average molecular weight is 499 g/mol. The molecule has 4 nitrogen and oxygen atoms in total. The van der Waals surface area contributed by atoms with Gasteiger partial charge in [-0.3, -0.25) is 4.79 Å². The fraction of sp³-hybridized carbons (Fsp3) is 0.393. The highest BCUT2D eigenvalue weighted by molar-refractivity contribution is 7.08. The lowest BCUT2D eigenvalue weighted by molar-refractivity contribution is -0.120. The smallest absolute Gasteiger partial charge is 0.217 e. The third-order valence-corrected chi connectivity index (χ3v) is 7.54.